The summed E-state index contributed by atoms with van der Waals surface area (Å²) in [7, 11) is 1.56. The molecule has 0 saturated heterocycles. The van der Waals surface area contributed by atoms with Crippen molar-refractivity contribution in [3.05, 3.63) is 33.9 Å². The third kappa shape index (κ3) is 3.06. The van der Waals surface area contributed by atoms with Crippen molar-refractivity contribution in [3.8, 4) is 0 Å². The number of hydrogen-bond donors (Lipinski definition) is 3. The third-order valence-corrected chi connectivity index (χ3v) is 2.67. The van der Waals surface area contributed by atoms with Crippen LogP contribution >= 0.6 is 11.6 Å². The van der Waals surface area contributed by atoms with Gasteiger partial charge in [0.15, 0.2) is 0 Å². The lowest BCUT2D eigenvalue weighted by molar-refractivity contribution is -0.384. The molecular formula is C10H13ClN2O4. The minimum absolute atomic E-state index is 0.150. The first kappa shape index (κ1) is 13.7. The van der Waals surface area contributed by atoms with E-state index in [1.165, 1.54) is 18.2 Å². The van der Waals surface area contributed by atoms with Crippen LogP contribution < -0.4 is 5.32 Å². The molecule has 3 N–H and O–H groups in total. The lowest BCUT2D eigenvalue weighted by Gasteiger charge is -2.16. The Morgan fingerprint density at radius 1 is 1.53 bits per heavy atom. The van der Waals surface area contributed by atoms with E-state index in [0.29, 0.717) is 5.69 Å². The highest BCUT2D eigenvalue weighted by Gasteiger charge is 2.21. The molecule has 0 radical (unpaired) electrons. The number of alkyl halides is 1. The Kier molecular flexibility index (Phi) is 4.68. The van der Waals surface area contributed by atoms with Gasteiger partial charge in [0.05, 0.1) is 16.9 Å². The second-order valence-electron chi connectivity index (χ2n) is 3.45. The van der Waals surface area contributed by atoms with E-state index in [9.17, 15) is 20.3 Å². The van der Waals surface area contributed by atoms with Crippen LogP contribution in [0.2, 0.25) is 0 Å². The Balaban J connectivity index is 3.12. The van der Waals surface area contributed by atoms with Gasteiger partial charge < -0.3 is 15.5 Å². The van der Waals surface area contributed by atoms with Crippen molar-refractivity contribution in [3.63, 3.8) is 0 Å². The molecule has 0 aliphatic carbocycles. The summed E-state index contributed by atoms with van der Waals surface area (Å²) < 4.78 is 0. The Bertz CT molecular complexity index is 413. The normalized spacial score (nSPS) is 14.1. The molecule has 1 aromatic rings. The Hall–Kier alpha value is -1.37. The predicted octanol–water partition coefficient (Wildman–Crippen LogP) is 1.27. The molecule has 0 fully saturated rings. The summed E-state index contributed by atoms with van der Waals surface area (Å²) in [5, 5.41) is 32.5. The monoisotopic (exact) mass is 260 g/mol. The van der Waals surface area contributed by atoms with Gasteiger partial charge in [-0.15, -0.1) is 11.6 Å². The molecule has 0 saturated carbocycles. The van der Waals surface area contributed by atoms with E-state index in [4.69, 9.17) is 11.6 Å². The molecule has 0 spiro atoms. The molecule has 94 valence electrons. The topological polar surface area (TPSA) is 95.6 Å². The Morgan fingerprint density at radius 3 is 2.65 bits per heavy atom. The lowest BCUT2D eigenvalue weighted by atomic mass is 10.0. The number of nitro groups is 1. The highest BCUT2D eigenvalue weighted by molar-refractivity contribution is 6.18. The maximum Gasteiger partial charge on any atom is 0.292 e. The molecule has 0 aliphatic rings. The van der Waals surface area contributed by atoms with E-state index < -0.39 is 17.1 Å². The predicted molar refractivity (Wildman–Crippen MR) is 64.3 cm³/mol. The van der Waals surface area contributed by atoms with Gasteiger partial charge in [0.25, 0.3) is 5.69 Å². The van der Waals surface area contributed by atoms with E-state index >= 15 is 0 Å². The van der Waals surface area contributed by atoms with Crippen LogP contribution in [0.15, 0.2) is 18.2 Å². The number of aliphatic hydroxyl groups is 2. The number of hydrogen-bond acceptors (Lipinski definition) is 5. The van der Waals surface area contributed by atoms with E-state index in [0.717, 1.165) is 0 Å². The van der Waals surface area contributed by atoms with Gasteiger partial charge in [0, 0.05) is 13.1 Å². The average molecular weight is 261 g/mol. The van der Waals surface area contributed by atoms with Crippen molar-refractivity contribution in [1.82, 2.24) is 0 Å². The zero-order chi connectivity index (χ0) is 13.0. The number of aliphatic hydroxyl groups excluding tert-OH is 2. The Labute approximate surface area is 103 Å². The minimum Gasteiger partial charge on any atom is -0.389 e. The largest absolute Gasteiger partial charge is 0.389 e. The first-order valence-corrected chi connectivity index (χ1v) is 5.43. The second-order valence-corrected chi connectivity index (χ2v) is 3.76. The van der Waals surface area contributed by atoms with Crippen LogP contribution in [-0.2, 0) is 0 Å². The number of nitro benzene ring substituents is 1. The molecule has 17 heavy (non-hydrogen) atoms. The van der Waals surface area contributed by atoms with Crippen LogP contribution in [0.25, 0.3) is 0 Å². The molecular weight excluding hydrogens is 248 g/mol. The maximum absolute atomic E-state index is 10.8. The molecule has 2 atom stereocenters. The average Bonchev–Trinajstić information content (AvgIpc) is 2.35. The third-order valence-electron chi connectivity index (χ3n) is 2.35. The van der Waals surface area contributed by atoms with Gasteiger partial charge in [-0.3, -0.25) is 10.1 Å². The quantitative estimate of drug-likeness (QED) is 0.421. The molecule has 0 heterocycles. The fourth-order valence-corrected chi connectivity index (χ4v) is 1.57. The summed E-state index contributed by atoms with van der Waals surface area (Å²) in [4.78, 5) is 10.2. The van der Waals surface area contributed by atoms with Crippen molar-refractivity contribution in [2.75, 3.05) is 18.2 Å². The molecule has 7 heteroatoms. The fraction of sp³-hybridized carbons (Fsp3) is 0.400. The second kappa shape index (κ2) is 5.81. The first-order valence-electron chi connectivity index (χ1n) is 4.89. The van der Waals surface area contributed by atoms with E-state index in [1.807, 2.05) is 0 Å². The summed E-state index contributed by atoms with van der Waals surface area (Å²) in [6.07, 6.45) is -2.39. The molecule has 1 aromatic carbocycles. The molecule has 6 nitrogen and oxygen atoms in total. The van der Waals surface area contributed by atoms with E-state index in [2.05, 4.69) is 5.32 Å². The molecule has 1 rings (SSSR count). The van der Waals surface area contributed by atoms with Gasteiger partial charge in [-0.25, -0.2) is 0 Å². The van der Waals surface area contributed by atoms with Crippen molar-refractivity contribution in [1.29, 1.82) is 0 Å². The lowest BCUT2D eigenvalue weighted by Crippen LogP contribution is -2.19. The van der Waals surface area contributed by atoms with Crippen molar-refractivity contribution in [2.24, 2.45) is 0 Å². The van der Waals surface area contributed by atoms with Gasteiger partial charge in [-0.2, -0.15) is 0 Å². The SMILES string of the molecule is CNc1ccc(C(O)C(O)CCl)cc1[N+](=O)[O-]. The zero-order valence-electron chi connectivity index (χ0n) is 9.13. The number of halogens is 1. The van der Waals surface area contributed by atoms with E-state index in [-0.39, 0.29) is 17.1 Å². The summed E-state index contributed by atoms with van der Waals surface area (Å²) >= 11 is 5.40. The number of benzene rings is 1. The van der Waals surface area contributed by atoms with E-state index in [1.54, 1.807) is 7.05 Å². The van der Waals surface area contributed by atoms with Crippen LogP contribution in [0.3, 0.4) is 0 Å². The number of rotatable bonds is 5. The fourth-order valence-electron chi connectivity index (χ4n) is 1.40. The summed E-state index contributed by atoms with van der Waals surface area (Å²) in [6, 6.07) is 4.18. The molecule has 2 unspecified atom stereocenters. The van der Waals surface area contributed by atoms with Crippen LogP contribution in [0.1, 0.15) is 11.7 Å². The van der Waals surface area contributed by atoms with Gasteiger partial charge in [-0.1, -0.05) is 6.07 Å². The standard InChI is InChI=1S/C10H13ClN2O4/c1-12-7-3-2-6(4-8(7)13(16)17)10(15)9(14)5-11/h2-4,9-10,12,14-15H,5H2,1H3. The van der Waals surface area contributed by atoms with Crippen LogP contribution in [0.5, 0.6) is 0 Å². The molecule has 0 bridgehead atoms. The smallest absolute Gasteiger partial charge is 0.292 e. The summed E-state index contributed by atoms with van der Waals surface area (Å²) in [5.41, 5.74) is 0.431. The molecule has 0 aromatic heterocycles. The highest BCUT2D eigenvalue weighted by atomic mass is 35.5. The maximum atomic E-state index is 10.8. The van der Waals surface area contributed by atoms with Crippen LogP contribution in [-0.4, -0.2) is 34.2 Å². The van der Waals surface area contributed by atoms with Crippen LogP contribution in [0.4, 0.5) is 11.4 Å². The minimum atomic E-state index is -1.24. The van der Waals surface area contributed by atoms with Gasteiger partial charge in [0.1, 0.15) is 11.8 Å². The highest BCUT2D eigenvalue weighted by Crippen LogP contribution is 2.29. The number of nitrogens with one attached hydrogen (secondary N) is 1. The molecule has 0 aliphatic heterocycles. The first-order chi connectivity index (χ1) is 8.01. The van der Waals surface area contributed by atoms with Gasteiger partial charge >= 0.3 is 0 Å². The van der Waals surface area contributed by atoms with Gasteiger partial charge in [0.2, 0.25) is 0 Å². The Morgan fingerprint density at radius 2 is 2.18 bits per heavy atom. The summed E-state index contributed by atoms with van der Waals surface area (Å²) in [5.74, 6) is -0.150. The van der Waals surface area contributed by atoms with Gasteiger partial charge in [-0.05, 0) is 11.6 Å². The number of anilines is 1. The zero-order valence-corrected chi connectivity index (χ0v) is 9.89. The van der Waals surface area contributed by atoms with Crippen LogP contribution in [0, 0.1) is 10.1 Å². The van der Waals surface area contributed by atoms with Crippen molar-refractivity contribution < 1.29 is 15.1 Å². The number of nitrogens with zero attached hydrogens (tertiary/aromatic N) is 1. The summed E-state index contributed by atoms with van der Waals surface area (Å²) in [6.45, 7) is 0. The van der Waals surface area contributed by atoms with Crippen molar-refractivity contribution in [2.45, 2.75) is 12.2 Å². The molecule has 0 amide bonds. The van der Waals surface area contributed by atoms with Crippen molar-refractivity contribution >= 4 is 23.0 Å².